The molecule has 0 amide bonds. The number of hydrogen-bond donors (Lipinski definition) is 0. The lowest BCUT2D eigenvalue weighted by atomic mass is 10.1. The molecule has 0 aromatic heterocycles. The standard InChI is InChI=1S/C6H14O.C6H10/c1-3-5-7-6-4-2;1-2-4-6-5-3-1/h3-6H2,1-2H3;1-2H,3-6H2. The van der Waals surface area contributed by atoms with Crippen molar-refractivity contribution in [2.45, 2.75) is 52.4 Å². The number of rotatable bonds is 4. The van der Waals surface area contributed by atoms with Crippen LogP contribution in [0.2, 0.25) is 0 Å². The molecule has 13 heavy (non-hydrogen) atoms. The lowest BCUT2D eigenvalue weighted by Crippen LogP contribution is -1.92. The van der Waals surface area contributed by atoms with Crippen LogP contribution in [0.4, 0.5) is 0 Å². The molecular formula is C12H24O. The monoisotopic (exact) mass is 184 g/mol. The summed E-state index contributed by atoms with van der Waals surface area (Å²) < 4.78 is 5.13. The number of hydrogen-bond acceptors (Lipinski definition) is 1. The molecule has 0 radical (unpaired) electrons. The second kappa shape index (κ2) is 11.7. The summed E-state index contributed by atoms with van der Waals surface area (Å²) >= 11 is 0. The molecule has 0 atom stereocenters. The Balaban J connectivity index is 0.000000223. The fraction of sp³-hybridized carbons (Fsp3) is 0.833. The van der Waals surface area contributed by atoms with Gasteiger partial charge in [-0.1, -0.05) is 26.0 Å². The van der Waals surface area contributed by atoms with E-state index in [0.717, 1.165) is 26.1 Å². The van der Waals surface area contributed by atoms with Crippen molar-refractivity contribution in [3.63, 3.8) is 0 Å². The van der Waals surface area contributed by atoms with Crippen molar-refractivity contribution < 1.29 is 4.74 Å². The van der Waals surface area contributed by atoms with E-state index in [0.29, 0.717) is 0 Å². The van der Waals surface area contributed by atoms with Crippen LogP contribution >= 0.6 is 0 Å². The Labute approximate surface area is 83.2 Å². The van der Waals surface area contributed by atoms with Gasteiger partial charge in [-0.3, -0.25) is 0 Å². The van der Waals surface area contributed by atoms with Crippen molar-refractivity contribution >= 4 is 0 Å². The van der Waals surface area contributed by atoms with Crippen molar-refractivity contribution in [1.82, 2.24) is 0 Å². The summed E-state index contributed by atoms with van der Waals surface area (Å²) in [6, 6.07) is 0. The van der Waals surface area contributed by atoms with Crippen molar-refractivity contribution in [3.8, 4) is 0 Å². The Morgan fingerprint density at radius 2 is 1.38 bits per heavy atom. The van der Waals surface area contributed by atoms with Crippen LogP contribution in [-0.2, 0) is 4.74 Å². The molecule has 78 valence electrons. The van der Waals surface area contributed by atoms with E-state index >= 15 is 0 Å². The zero-order valence-electron chi connectivity index (χ0n) is 9.22. The maximum absolute atomic E-state index is 5.13. The van der Waals surface area contributed by atoms with E-state index in [2.05, 4.69) is 26.0 Å². The summed E-state index contributed by atoms with van der Waals surface area (Å²) in [7, 11) is 0. The first-order valence-electron chi connectivity index (χ1n) is 5.64. The Bertz CT molecular complexity index is 95.7. The van der Waals surface area contributed by atoms with Gasteiger partial charge in [-0.2, -0.15) is 0 Å². The zero-order chi connectivity index (χ0) is 9.78. The molecule has 1 aliphatic carbocycles. The van der Waals surface area contributed by atoms with Crippen molar-refractivity contribution in [3.05, 3.63) is 12.2 Å². The minimum Gasteiger partial charge on any atom is -0.381 e. The molecule has 0 aromatic carbocycles. The predicted octanol–water partition coefficient (Wildman–Crippen LogP) is 3.94. The van der Waals surface area contributed by atoms with Gasteiger partial charge in [0, 0.05) is 13.2 Å². The SMILES string of the molecule is C1=CCCCC1.CCCOCCC. The molecule has 1 nitrogen and oxygen atoms in total. The molecule has 1 rings (SSSR count). The van der Waals surface area contributed by atoms with E-state index in [-0.39, 0.29) is 0 Å². The first-order chi connectivity index (χ1) is 6.41. The van der Waals surface area contributed by atoms with E-state index in [1.54, 1.807) is 0 Å². The molecule has 1 heteroatoms. The number of ether oxygens (including phenoxy) is 1. The molecule has 0 spiro atoms. The minimum absolute atomic E-state index is 0.924. The van der Waals surface area contributed by atoms with Gasteiger partial charge in [0.1, 0.15) is 0 Å². The normalized spacial score (nSPS) is 14.9. The van der Waals surface area contributed by atoms with Gasteiger partial charge in [0.05, 0.1) is 0 Å². The first kappa shape index (κ1) is 12.7. The van der Waals surface area contributed by atoms with E-state index in [1.165, 1.54) is 25.7 Å². The quantitative estimate of drug-likeness (QED) is 0.475. The second-order valence-electron chi connectivity index (χ2n) is 3.37. The maximum atomic E-state index is 5.13. The first-order valence-corrected chi connectivity index (χ1v) is 5.64. The molecule has 0 N–H and O–H groups in total. The fourth-order valence-corrected chi connectivity index (χ4v) is 1.15. The highest BCUT2D eigenvalue weighted by atomic mass is 16.5. The molecule has 0 saturated heterocycles. The summed E-state index contributed by atoms with van der Waals surface area (Å²) in [5.41, 5.74) is 0. The molecule has 0 heterocycles. The van der Waals surface area contributed by atoms with Gasteiger partial charge in [-0.25, -0.2) is 0 Å². The van der Waals surface area contributed by atoms with E-state index < -0.39 is 0 Å². The highest BCUT2D eigenvalue weighted by molar-refractivity contribution is 4.85. The average Bonchev–Trinajstić information content (AvgIpc) is 2.22. The minimum atomic E-state index is 0.924. The van der Waals surface area contributed by atoms with E-state index in [9.17, 15) is 0 Å². The molecule has 0 saturated carbocycles. The second-order valence-corrected chi connectivity index (χ2v) is 3.37. The Morgan fingerprint density at radius 1 is 0.923 bits per heavy atom. The van der Waals surface area contributed by atoms with Crippen LogP contribution < -0.4 is 0 Å². The van der Waals surface area contributed by atoms with Gasteiger partial charge < -0.3 is 4.74 Å². The summed E-state index contributed by atoms with van der Waals surface area (Å²) in [4.78, 5) is 0. The molecule has 0 aromatic rings. The lowest BCUT2D eigenvalue weighted by Gasteiger charge is -1.97. The van der Waals surface area contributed by atoms with Crippen LogP contribution in [-0.4, -0.2) is 13.2 Å². The third-order valence-electron chi connectivity index (χ3n) is 1.86. The van der Waals surface area contributed by atoms with Gasteiger partial charge in [0.2, 0.25) is 0 Å². The molecule has 0 bridgehead atoms. The Hall–Kier alpha value is -0.300. The van der Waals surface area contributed by atoms with Crippen LogP contribution in [0.15, 0.2) is 12.2 Å². The highest BCUT2D eigenvalue weighted by Gasteiger charge is 1.87. The fourth-order valence-electron chi connectivity index (χ4n) is 1.15. The summed E-state index contributed by atoms with van der Waals surface area (Å²) in [5.74, 6) is 0. The van der Waals surface area contributed by atoms with Crippen LogP contribution in [0, 0.1) is 0 Å². The molecule has 0 aliphatic heterocycles. The molecule has 1 aliphatic rings. The Morgan fingerprint density at radius 3 is 1.62 bits per heavy atom. The van der Waals surface area contributed by atoms with Crippen molar-refractivity contribution in [2.24, 2.45) is 0 Å². The van der Waals surface area contributed by atoms with Crippen LogP contribution in [0.25, 0.3) is 0 Å². The summed E-state index contributed by atoms with van der Waals surface area (Å²) in [6.45, 7) is 6.09. The predicted molar refractivity (Wildman–Crippen MR) is 59.0 cm³/mol. The molecular weight excluding hydrogens is 160 g/mol. The van der Waals surface area contributed by atoms with Crippen molar-refractivity contribution in [2.75, 3.05) is 13.2 Å². The van der Waals surface area contributed by atoms with E-state index in [1.807, 2.05) is 0 Å². The van der Waals surface area contributed by atoms with Gasteiger partial charge >= 0.3 is 0 Å². The molecule has 0 unspecified atom stereocenters. The topological polar surface area (TPSA) is 9.23 Å². The average molecular weight is 184 g/mol. The van der Waals surface area contributed by atoms with Gasteiger partial charge in [-0.05, 0) is 38.5 Å². The third kappa shape index (κ3) is 11.7. The van der Waals surface area contributed by atoms with Crippen molar-refractivity contribution in [1.29, 1.82) is 0 Å². The van der Waals surface area contributed by atoms with E-state index in [4.69, 9.17) is 4.74 Å². The van der Waals surface area contributed by atoms with Gasteiger partial charge in [0.25, 0.3) is 0 Å². The number of allylic oxidation sites excluding steroid dienone is 2. The van der Waals surface area contributed by atoms with Crippen LogP contribution in [0.1, 0.15) is 52.4 Å². The summed E-state index contributed by atoms with van der Waals surface area (Å²) in [5, 5.41) is 0. The third-order valence-corrected chi connectivity index (χ3v) is 1.86. The van der Waals surface area contributed by atoms with Crippen LogP contribution in [0.3, 0.4) is 0 Å². The zero-order valence-corrected chi connectivity index (χ0v) is 9.22. The van der Waals surface area contributed by atoms with Crippen LogP contribution in [0.5, 0.6) is 0 Å². The smallest absolute Gasteiger partial charge is 0.0463 e. The summed E-state index contributed by atoms with van der Waals surface area (Å²) in [6.07, 6.45) is 12.3. The highest BCUT2D eigenvalue weighted by Crippen LogP contribution is 2.07. The van der Waals surface area contributed by atoms with Gasteiger partial charge in [-0.15, -0.1) is 0 Å². The largest absolute Gasteiger partial charge is 0.381 e. The lowest BCUT2D eigenvalue weighted by molar-refractivity contribution is 0.135. The molecule has 0 fully saturated rings. The van der Waals surface area contributed by atoms with Gasteiger partial charge in [0.15, 0.2) is 0 Å². The Kier molecular flexibility index (Phi) is 11.4. The maximum Gasteiger partial charge on any atom is 0.0463 e.